The second kappa shape index (κ2) is 9.51. The molecule has 0 saturated carbocycles. The summed E-state index contributed by atoms with van der Waals surface area (Å²) in [6.45, 7) is 3.33. The zero-order valence-electron chi connectivity index (χ0n) is 18.1. The predicted molar refractivity (Wildman–Crippen MR) is 123 cm³/mol. The number of fused-ring (bicyclic) bond motifs is 1. The van der Waals surface area contributed by atoms with E-state index in [4.69, 9.17) is 0 Å². The lowest BCUT2D eigenvalue weighted by molar-refractivity contribution is -0.115. The quantitative estimate of drug-likeness (QED) is 0.688. The van der Waals surface area contributed by atoms with E-state index in [0.29, 0.717) is 18.8 Å². The van der Waals surface area contributed by atoms with Crippen molar-refractivity contribution in [3.63, 3.8) is 0 Å². The van der Waals surface area contributed by atoms with Crippen LogP contribution in [0.3, 0.4) is 0 Å². The van der Waals surface area contributed by atoms with Crippen molar-refractivity contribution < 1.29 is 13.2 Å². The van der Waals surface area contributed by atoms with Crippen molar-refractivity contribution >= 4 is 21.6 Å². The predicted octanol–water partition coefficient (Wildman–Crippen LogP) is 3.64. The maximum atomic E-state index is 12.7. The van der Waals surface area contributed by atoms with Crippen LogP contribution in [0.5, 0.6) is 0 Å². The number of rotatable bonds is 7. The zero-order valence-corrected chi connectivity index (χ0v) is 18.9. The molecule has 1 saturated heterocycles. The standard InChI is InChI=1S/C24H31N3O3S/c1-18(20-12-11-19-7-2-3-8-21(19)15-20)25-17-24(28)26-22-9-6-10-23(16-22)31(29,30)27-13-4-5-14-27/h6,9-12,15-16,18,25H,2-5,7-8,13-14,17H2,1H3,(H,26,28)/t18-/m1/s1. The van der Waals surface area contributed by atoms with E-state index >= 15 is 0 Å². The van der Waals surface area contributed by atoms with Gasteiger partial charge in [0, 0.05) is 24.8 Å². The first-order valence-electron chi connectivity index (χ1n) is 11.2. The fraction of sp³-hybridized carbons (Fsp3) is 0.458. The second-order valence-corrected chi connectivity index (χ2v) is 10.5. The molecular formula is C24H31N3O3S. The molecule has 166 valence electrons. The van der Waals surface area contributed by atoms with Gasteiger partial charge in [-0.05, 0) is 80.3 Å². The van der Waals surface area contributed by atoms with Crippen LogP contribution in [0, 0.1) is 0 Å². The molecule has 6 nitrogen and oxygen atoms in total. The van der Waals surface area contributed by atoms with Crippen LogP contribution in [-0.2, 0) is 27.7 Å². The van der Waals surface area contributed by atoms with Crippen molar-refractivity contribution in [1.82, 2.24) is 9.62 Å². The summed E-state index contributed by atoms with van der Waals surface area (Å²) in [7, 11) is -3.50. The van der Waals surface area contributed by atoms with E-state index in [0.717, 1.165) is 25.7 Å². The van der Waals surface area contributed by atoms with E-state index in [2.05, 4.69) is 35.8 Å². The topological polar surface area (TPSA) is 78.5 Å². The smallest absolute Gasteiger partial charge is 0.243 e. The largest absolute Gasteiger partial charge is 0.325 e. The Morgan fingerprint density at radius 2 is 1.74 bits per heavy atom. The molecule has 1 atom stereocenters. The average Bonchev–Trinajstić information content (AvgIpc) is 3.33. The van der Waals surface area contributed by atoms with Gasteiger partial charge in [-0.1, -0.05) is 24.3 Å². The third-order valence-electron chi connectivity index (χ3n) is 6.26. The summed E-state index contributed by atoms with van der Waals surface area (Å²) < 4.78 is 27.0. The number of nitrogens with zero attached hydrogens (tertiary/aromatic N) is 1. The van der Waals surface area contributed by atoms with Gasteiger partial charge in [0.2, 0.25) is 15.9 Å². The van der Waals surface area contributed by atoms with Crippen LogP contribution >= 0.6 is 0 Å². The lowest BCUT2D eigenvalue weighted by Gasteiger charge is -2.20. The van der Waals surface area contributed by atoms with Gasteiger partial charge in [0.15, 0.2) is 0 Å². The summed E-state index contributed by atoms with van der Waals surface area (Å²) in [5, 5.41) is 6.09. The number of nitrogens with one attached hydrogen (secondary N) is 2. The molecule has 0 bridgehead atoms. The van der Waals surface area contributed by atoms with Gasteiger partial charge >= 0.3 is 0 Å². The Morgan fingerprint density at radius 1 is 1.00 bits per heavy atom. The molecule has 0 aromatic heterocycles. The Bertz CT molecular complexity index is 1050. The van der Waals surface area contributed by atoms with Crippen molar-refractivity contribution in [2.24, 2.45) is 0 Å². The highest BCUT2D eigenvalue weighted by Crippen LogP contribution is 2.25. The molecule has 2 aromatic carbocycles. The molecule has 1 amide bonds. The van der Waals surface area contributed by atoms with E-state index in [1.165, 1.54) is 33.8 Å². The van der Waals surface area contributed by atoms with Crippen molar-refractivity contribution in [3.05, 3.63) is 59.2 Å². The number of carbonyl (C=O) groups excluding carboxylic acids is 1. The molecular weight excluding hydrogens is 410 g/mol. The molecule has 1 aliphatic heterocycles. The molecule has 4 rings (SSSR count). The van der Waals surface area contributed by atoms with Gasteiger partial charge in [0.05, 0.1) is 11.4 Å². The summed E-state index contributed by atoms with van der Waals surface area (Å²) >= 11 is 0. The third-order valence-corrected chi connectivity index (χ3v) is 8.16. The first-order valence-corrected chi connectivity index (χ1v) is 12.6. The summed E-state index contributed by atoms with van der Waals surface area (Å²) in [5.74, 6) is -0.194. The van der Waals surface area contributed by atoms with Gasteiger partial charge in [-0.2, -0.15) is 4.31 Å². The highest BCUT2D eigenvalue weighted by molar-refractivity contribution is 7.89. The maximum absolute atomic E-state index is 12.7. The molecule has 1 aliphatic carbocycles. The Balaban J connectivity index is 1.35. The fourth-order valence-electron chi connectivity index (χ4n) is 4.40. The van der Waals surface area contributed by atoms with Crippen LogP contribution in [0.4, 0.5) is 5.69 Å². The molecule has 2 aromatic rings. The number of anilines is 1. The number of sulfonamides is 1. The number of amides is 1. The van der Waals surface area contributed by atoms with Gasteiger partial charge in [-0.3, -0.25) is 4.79 Å². The number of hydrogen-bond donors (Lipinski definition) is 2. The molecule has 0 radical (unpaired) electrons. The van der Waals surface area contributed by atoms with Crippen molar-refractivity contribution in [1.29, 1.82) is 0 Å². The SMILES string of the molecule is C[C@@H](NCC(=O)Nc1cccc(S(=O)(=O)N2CCCC2)c1)c1ccc2c(c1)CCCC2. The number of carbonyl (C=O) groups is 1. The van der Waals surface area contributed by atoms with Gasteiger partial charge in [0.25, 0.3) is 0 Å². The minimum Gasteiger partial charge on any atom is -0.325 e. The Morgan fingerprint density at radius 3 is 2.52 bits per heavy atom. The highest BCUT2D eigenvalue weighted by Gasteiger charge is 2.27. The van der Waals surface area contributed by atoms with Crippen LogP contribution in [0.15, 0.2) is 47.4 Å². The van der Waals surface area contributed by atoms with Crippen LogP contribution < -0.4 is 10.6 Å². The maximum Gasteiger partial charge on any atom is 0.243 e. The van der Waals surface area contributed by atoms with Gasteiger partial charge in [-0.25, -0.2) is 8.42 Å². The van der Waals surface area contributed by atoms with Gasteiger partial charge in [0.1, 0.15) is 0 Å². The third kappa shape index (κ3) is 5.17. The van der Waals surface area contributed by atoms with E-state index in [1.807, 2.05) is 0 Å². The molecule has 1 fully saturated rings. The van der Waals surface area contributed by atoms with Crippen LogP contribution in [0.2, 0.25) is 0 Å². The lowest BCUT2D eigenvalue weighted by Crippen LogP contribution is -2.30. The van der Waals surface area contributed by atoms with Crippen molar-refractivity contribution in [2.45, 2.75) is 56.4 Å². The van der Waals surface area contributed by atoms with Crippen LogP contribution in [-0.4, -0.2) is 38.3 Å². The Labute approximate surface area is 185 Å². The summed E-state index contributed by atoms with van der Waals surface area (Å²) in [4.78, 5) is 12.7. The minimum absolute atomic E-state index is 0.0554. The molecule has 2 N–H and O–H groups in total. The second-order valence-electron chi connectivity index (χ2n) is 8.53. The number of hydrogen-bond acceptors (Lipinski definition) is 4. The van der Waals surface area contributed by atoms with Crippen molar-refractivity contribution in [3.8, 4) is 0 Å². The molecule has 2 aliphatic rings. The summed E-state index contributed by atoms with van der Waals surface area (Å²) in [5.41, 5.74) is 4.56. The zero-order chi connectivity index (χ0) is 21.8. The van der Waals surface area contributed by atoms with Crippen LogP contribution in [0.25, 0.3) is 0 Å². The van der Waals surface area contributed by atoms with Gasteiger partial charge in [-0.15, -0.1) is 0 Å². The first-order chi connectivity index (χ1) is 14.9. The van der Waals surface area contributed by atoms with E-state index in [1.54, 1.807) is 24.3 Å². The van der Waals surface area contributed by atoms with Gasteiger partial charge < -0.3 is 10.6 Å². The molecule has 0 unspecified atom stereocenters. The molecule has 1 heterocycles. The Kier molecular flexibility index (Phi) is 6.74. The average molecular weight is 442 g/mol. The normalized spacial score (nSPS) is 17.8. The first kappa shape index (κ1) is 22.0. The van der Waals surface area contributed by atoms with Crippen LogP contribution in [0.1, 0.15) is 55.3 Å². The summed E-state index contributed by atoms with van der Waals surface area (Å²) in [6.07, 6.45) is 6.58. The molecule has 7 heteroatoms. The monoisotopic (exact) mass is 441 g/mol. The van der Waals surface area contributed by atoms with E-state index < -0.39 is 10.0 Å². The molecule has 31 heavy (non-hydrogen) atoms. The van der Waals surface area contributed by atoms with E-state index in [9.17, 15) is 13.2 Å². The highest BCUT2D eigenvalue weighted by atomic mass is 32.2. The fourth-order valence-corrected chi connectivity index (χ4v) is 5.97. The lowest BCUT2D eigenvalue weighted by atomic mass is 9.89. The van der Waals surface area contributed by atoms with Crippen molar-refractivity contribution in [2.75, 3.05) is 25.0 Å². The summed E-state index contributed by atoms with van der Waals surface area (Å²) in [6, 6.07) is 13.2. The minimum atomic E-state index is -3.50. The van der Waals surface area contributed by atoms with E-state index in [-0.39, 0.29) is 23.4 Å². The molecule has 0 spiro atoms. The number of aryl methyl sites for hydroxylation is 2. The number of benzene rings is 2. The Hall–Kier alpha value is -2.22.